The number of hydrogen-bond acceptors (Lipinski definition) is 5. The highest BCUT2D eigenvalue weighted by Crippen LogP contribution is 2.33. The summed E-state index contributed by atoms with van der Waals surface area (Å²) in [5.41, 5.74) is 7.43. The average Bonchev–Trinajstić information content (AvgIpc) is 2.87. The number of primary amides is 1. The van der Waals surface area contributed by atoms with Crippen molar-refractivity contribution < 1.29 is 23.9 Å². The number of para-hydroxylation sites is 1. The topological polar surface area (TPSA) is 114 Å². The Morgan fingerprint density at radius 2 is 1.32 bits per heavy atom. The summed E-state index contributed by atoms with van der Waals surface area (Å²) in [6.45, 7) is 0. The summed E-state index contributed by atoms with van der Waals surface area (Å²) in [4.78, 5) is 40.5. The molecule has 0 saturated carbocycles. The number of anilines is 3. The van der Waals surface area contributed by atoms with E-state index in [0.717, 1.165) is 5.69 Å². The zero-order chi connectivity index (χ0) is 24.8. The van der Waals surface area contributed by atoms with Crippen molar-refractivity contribution in [3.05, 3.63) is 77.9 Å². The van der Waals surface area contributed by atoms with Gasteiger partial charge in [-0.1, -0.05) is 18.2 Å². The molecule has 3 rings (SSSR count). The number of nitrogens with two attached hydrogens (primary N) is 1. The molecule has 0 aliphatic rings. The normalized spacial score (nSPS) is 10.2. The molecule has 0 bridgehead atoms. The maximum absolute atomic E-state index is 12.8. The molecule has 34 heavy (non-hydrogen) atoms. The van der Waals surface area contributed by atoms with Gasteiger partial charge in [-0.3, -0.25) is 19.4 Å². The number of urea groups is 1. The Labute approximate surface area is 197 Å². The van der Waals surface area contributed by atoms with Gasteiger partial charge in [-0.25, -0.2) is 4.79 Å². The van der Waals surface area contributed by atoms with Crippen LogP contribution >= 0.6 is 0 Å². The Bertz CT molecular complexity index is 1200. The predicted octanol–water partition coefficient (Wildman–Crippen LogP) is 3.75. The van der Waals surface area contributed by atoms with Crippen LogP contribution in [0.3, 0.4) is 0 Å². The van der Waals surface area contributed by atoms with Gasteiger partial charge in [0.25, 0.3) is 11.8 Å². The van der Waals surface area contributed by atoms with Crippen LogP contribution in [0.5, 0.6) is 11.5 Å². The van der Waals surface area contributed by atoms with E-state index in [1.54, 1.807) is 38.4 Å². The van der Waals surface area contributed by atoms with Crippen LogP contribution in [0, 0.1) is 0 Å². The quantitative estimate of drug-likeness (QED) is 0.555. The molecule has 0 spiro atoms. The van der Waals surface area contributed by atoms with Crippen LogP contribution in [-0.4, -0.2) is 46.2 Å². The molecule has 0 aliphatic carbocycles. The van der Waals surface area contributed by atoms with Crippen LogP contribution in [0.25, 0.3) is 0 Å². The van der Waals surface area contributed by atoms with E-state index >= 15 is 0 Å². The zero-order valence-electron chi connectivity index (χ0n) is 19.4. The molecule has 3 N–H and O–H groups in total. The molecule has 3 aromatic rings. The number of rotatable bonds is 7. The van der Waals surface area contributed by atoms with Crippen molar-refractivity contribution in [2.75, 3.05) is 43.4 Å². The van der Waals surface area contributed by atoms with Crippen molar-refractivity contribution in [1.82, 2.24) is 0 Å². The largest absolute Gasteiger partial charge is 0.493 e. The summed E-state index contributed by atoms with van der Waals surface area (Å²) in [6, 6.07) is 18.4. The SMILES string of the molecule is COc1cc(NC(=O)c2ccc(N(C)C(=O)N(C)c3ccccc3)cc2)c(C(N)=O)cc1OC. The van der Waals surface area contributed by atoms with E-state index in [0.29, 0.717) is 22.7 Å². The Kier molecular flexibility index (Phi) is 7.37. The summed E-state index contributed by atoms with van der Waals surface area (Å²) < 4.78 is 10.4. The van der Waals surface area contributed by atoms with Gasteiger partial charge in [0.15, 0.2) is 11.5 Å². The van der Waals surface area contributed by atoms with Crippen LogP contribution in [0.2, 0.25) is 0 Å². The number of carbonyl (C=O) groups excluding carboxylic acids is 3. The Hall–Kier alpha value is -4.53. The number of methoxy groups -OCH3 is 2. The van der Waals surface area contributed by atoms with Gasteiger partial charge in [0.1, 0.15) is 0 Å². The maximum atomic E-state index is 12.8. The lowest BCUT2D eigenvalue weighted by molar-refractivity contribution is 0.100. The van der Waals surface area contributed by atoms with E-state index in [1.807, 2.05) is 30.3 Å². The number of ether oxygens (including phenoxy) is 2. The summed E-state index contributed by atoms with van der Waals surface area (Å²) in [5, 5.41) is 2.68. The number of nitrogens with zero attached hydrogens (tertiary/aromatic N) is 2. The molecule has 176 valence electrons. The third-order valence-electron chi connectivity index (χ3n) is 5.27. The van der Waals surface area contributed by atoms with E-state index in [2.05, 4.69) is 5.32 Å². The van der Waals surface area contributed by atoms with E-state index < -0.39 is 11.8 Å². The number of carbonyl (C=O) groups is 3. The molecule has 0 radical (unpaired) electrons. The molecular formula is C25H26N4O5. The van der Waals surface area contributed by atoms with Gasteiger partial charge in [0.2, 0.25) is 0 Å². The zero-order valence-corrected chi connectivity index (χ0v) is 19.4. The minimum atomic E-state index is -0.728. The second-order valence-corrected chi connectivity index (χ2v) is 7.35. The number of benzene rings is 3. The third-order valence-corrected chi connectivity index (χ3v) is 5.27. The molecule has 0 heterocycles. The monoisotopic (exact) mass is 462 g/mol. The van der Waals surface area contributed by atoms with Crippen molar-refractivity contribution in [1.29, 1.82) is 0 Å². The molecule has 0 fully saturated rings. The first-order valence-electron chi connectivity index (χ1n) is 10.3. The van der Waals surface area contributed by atoms with Crippen LogP contribution in [0.15, 0.2) is 66.7 Å². The fourth-order valence-corrected chi connectivity index (χ4v) is 3.31. The van der Waals surface area contributed by atoms with Crippen LogP contribution in [-0.2, 0) is 0 Å². The molecule has 0 aromatic heterocycles. The lowest BCUT2D eigenvalue weighted by atomic mass is 10.1. The van der Waals surface area contributed by atoms with E-state index in [-0.39, 0.29) is 17.3 Å². The minimum absolute atomic E-state index is 0.0805. The van der Waals surface area contributed by atoms with Gasteiger partial charge in [0, 0.05) is 37.1 Å². The number of nitrogens with one attached hydrogen (secondary N) is 1. The van der Waals surface area contributed by atoms with Gasteiger partial charge in [-0.15, -0.1) is 0 Å². The first-order chi connectivity index (χ1) is 16.3. The molecule has 4 amide bonds. The Balaban J connectivity index is 1.78. The van der Waals surface area contributed by atoms with E-state index in [9.17, 15) is 14.4 Å². The molecule has 0 unspecified atom stereocenters. The highest BCUT2D eigenvalue weighted by Gasteiger charge is 2.19. The van der Waals surface area contributed by atoms with Crippen molar-refractivity contribution in [2.45, 2.75) is 0 Å². The highest BCUT2D eigenvalue weighted by atomic mass is 16.5. The van der Waals surface area contributed by atoms with Crippen molar-refractivity contribution >= 4 is 34.9 Å². The fourth-order valence-electron chi connectivity index (χ4n) is 3.31. The third kappa shape index (κ3) is 5.09. The standard InChI is InChI=1S/C25H26N4O5/c1-28(17-8-6-5-7-9-17)25(32)29(2)18-12-10-16(11-13-18)24(31)27-20-15-22(34-4)21(33-3)14-19(20)23(26)30/h5-15H,1-4H3,(H2,26,30)(H,27,31). The molecule has 9 nitrogen and oxygen atoms in total. The van der Waals surface area contributed by atoms with Gasteiger partial charge in [0.05, 0.1) is 25.5 Å². The summed E-state index contributed by atoms with van der Waals surface area (Å²) in [7, 11) is 6.22. The lowest BCUT2D eigenvalue weighted by Gasteiger charge is -2.25. The molecule has 9 heteroatoms. The number of hydrogen-bond donors (Lipinski definition) is 2. The lowest BCUT2D eigenvalue weighted by Crippen LogP contribution is -2.38. The predicted molar refractivity (Wildman–Crippen MR) is 131 cm³/mol. The van der Waals surface area contributed by atoms with Crippen molar-refractivity contribution in [3.63, 3.8) is 0 Å². The summed E-state index contributed by atoms with van der Waals surface area (Å²) in [5.74, 6) is -0.543. The minimum Gasteiger partial charge on any atom is -0.493 e. The molecular weight excluding hydrogens is 436 g/mol. The first-order valence-corrected chi connectivity index (χ1v) is 10.3. The molecule has 0 aliphatic heterocycles. The maximum Gasteiger partial charge on any atom is 0.328 e. The van der Waals surface area contributed by atoms with Crippen molar-refractivity contribution in [3.8, 4) is 11.5 Å². The van der Waals surface area contributed by atoms with Gasteiger partial charge >= 0.3 is 6.03 Å². The fraction of sp³-hybridized carbons (Fsp3) is 0.160. The van der Waals surface area contributed by atoms with Crippen molar-refractivity contribution in [2.24, 2.45) is 5.73 Å². The van der Waals surface area contributed by atoms with Crippen LogP contribution in [0.4, 0.5) is 21.9 Å². The Morgan fingerprint density at radius 3 is 1.85 bits per heavy atom. The highest BCUT2D eigenvalue weighted by molar-refractivity contribution is 6.09. The molecule has 0 saturated heterocycles. The van der Waals surface area contributed by atoms with Gasteiger partial charge in [-0.05, 0) is 42.5 Å². The summed E-state index contributed by atoms with van der Waals surface area (Å²) in [6.07, 6.45) is 0. The number of amides is 4. The van der Waals surface area contributed by atoms with Gasteiger partial charge in [-0.2, -0.15) is 0 Å². The molecule has 0 atom stereocenters. The molecule has 3 aromatic carbocycles. The smallest absolute Gasteiger partial charge is 0.328 e. The van der Waals surface area contributed by atoms with Crippen LogP contribution in [0.1, 0.15) is 20.7 Å². The second kappa shape index (κ2) is 10.4. The average molecular weight is 463 g/mol. The first kappa shape index (κ1) is 24.1. The van der Waals surface area contributed by atoms with E-state index in [4.69, 9.17) is 15.2 Å². The van der Waals surface area contributed by atoms with E-state index in [1.165, 1.54) is 36.2 Å². The Morgan fingerprint density at radius 1 is 0.794 bits per heavy atom. The van der Waals surface area contributed by atoms with Gasteiger partial charge < -0.3 is 20.5 Å². The summed E-state index contributed by atoms with van der Waals surface area (Å²) >= 11 is 0. The second-order valence-electron chi connectivity index (χ2n) is 7.35. The van der Waals surface area contributed by atoms with Crippen LogP contribution < -0.4 is 30.3 Å².